The number of ketones is 1. The first-order chi connectivity index (χ1) is 22.1. The van der Waals surface area contributed by atoms with Gasteiger partial charge in [0.25, 0.3) is 0 Å². The predicted molar refractivity (Wildman–Crippen MR) is 160 cm³/mol. The molecule has 3 saturated carbocycles. The molecule has 260 valence electrons. The summed E-state index contributed by atoms with van der Waals surface area (Å²) in [6.07, 6.45) is -1.73. The van der Waals surface area contributed by atoms with E-state index in [0.717, 1.165) is 52.7 Å². The Bertz CT molecular complexity index is 1340. The molecule has 0 bridgehead atoms. The van der Waals surface area contributed by atoms with Crippen LogP contribution < -0.4 is 0 Å². The Balaban J connectivity index is 1.59. The van der Waals surface area contributed by atoms with E-state index < -0.39 is 66.1 Å². The number of hydrogen-bond acceptors (Lipinski definition) is 13. The molecule has 1 aliphatic heterocycles. The Morgan fingerprint density at radius 3 is 1.96 bits per heavy atom. The number of ether oxygens (including phenoxy) is 7. The molecule has 0 aromatic heterocycles. The van der Waals surface area contributed by atoms with Crippen LogP contribution in [-0.4, -0.2) is 85.7 Å². The smallest absolute Gasteiger partial charge is 0.339 e. The number of carbonyl (C=O) groups is 6. The summed E-state index contributed by atoms with van der Waals surface area (Å²) in [5.74, 6) is -3.41. The molecule has 4 aliphatic carbocycles. The molecule has 4 fully saturated rings. The Morgan fingerprint density at radius 1 is 0.766 bits per heavy atom. The third kappa shape index (κ3) is 6.57. The van der Waals surface area contributed by atoms with Gasteiger partial charge in [0.05, 0.1) is 13.2 Å². The lowest BCUT2D eigenvalue weighted by Gasteiger charge is -2.59. The van der Waals surface area contributed by atoms with Crippen LogP contribution in [0.1, 0.15) is 86.5 Å². The van der Waals surface area contributed by atoms with Crippen LogP contribution >= 0.6 is 0 Å². The molecule has 47 heavy (non-hydrogen) atoms. The highest BCUT2D eigenvalue weighted by molar-refractivity contribution is 5.87. The maximum Gasteiger partial charge on any atom is 0.339 e. The van der Waals surface area contributed by atoms with Gasteiger partial charge in [0, 0.05) is 46.0 Å². The summed E-state index contributed by atoms with van der Waals surface area (Å²) >= 11 is 0. The number of esters is 5. The minimum absolute atomic E-state index is 0.00945. The van der Waals surface area contributed by atoms with Crippen LogP contribution in [0.15, 0.2) is 11.6 Å². The fraction of sp³-hybridized carbons (Fsp3) is 0.765. The molecule has 1 saturated heterocycles. The summed E-state index contributed by atoms with van der Waals surface area (Å²) in [6.45, 7) is 9.07. The number of hydrogen-bond donors (Lipinski definition) is 0. The van der Waals surface area contributed by atoms with E-state index in [9.17, 15) is 28.8 Å². The van der Waals surface area contributed by atoms with Gasteiger partial charge in [0.15, 0.2) is 24.4 Å². The molecule has 0 spiro atoms. The van der Waals surface area contributed by atoms with Crippen LogP contribution in [0.25, 0.3) is 0 Å². The van der Waals surface area contributed by atoms with Crippen molar-refractivity contribution in [2.45, 2.75) is 129 Å². The minimum atomic E-state index is -1.59. The van der Waals surface area contributed by atoms with E-state index in [-0.39, 0.29) is 41.0 Å². The molecule has 0 aromatic rings. The third-order valence-electron chi connectivity index (χ3n) is 11.2. The Labute approximate surface area is 274 Å². The van der Waals surface area contributed by atoms with Crippen molar-refractivity contribution in [3.63, 3.8) is 0 Å². The van der Waals surface area contributed by atoms with Crippen molar-refractivity contribution in [3.05, 3.63) is 11.6 Å². The fourth-order valence-electron chi connectivity index (χ4n) is 9.17. The highest BCUT2D eigenvalue weighted by Gasteiger charge is 2.63. The summed E-state index contributed by atoms with van der Waals surface area (Å²) in [5, 5.41) is 0. The normalized spacial score (nSPS) is 40.8. The quantitative estimate of drug-likeness (QED) is 0.222. The largest absolute Gasteiger partial charge is 0.467 e. The van der Waals surface area contributed by atoms with Crippen molar-refractivity contribution in [1.82, 2.24) is 0 Å². The topological polar surface area (TPSA) is 167 Å². The van der Waals surface area contributed by atoms with Gasteiger partial charge in [0.2, 0.25) is 6.29 Å². The second kappa shape index (κ2) is 13.3. The van der Waals surface area contributed by atoms with E-state index >= 15 is 0 Å². The lowest BCUT2D eigenvalue weighted by atomic mass is 9.47. The van der Waals surface area contributed by atoms with E-state index in [1.165, 1.54) is 6.92 Å². The lowest BCUT2D eigenvalue weighted by Crippen LogP contribution is -2.65. The van der Waals surface area contributed by atoms with Crippen LogP contribution in [0.3, 0.4) is 0 Å². The molecular weight excluding hydrogens is 616 g/mol. The van der Waals surface area contributed by atoms with Gasteiger partial charge in [-0.1, -0.05) is 25.5 Å². The molecule has 0 unspecified atom stereocenters. The molecule has 13 heteroatoms. The molecule has 5 rings (SSSR count). The Kier molecular flexibility index (Phi) is 9.90. The molecular formula is C34H46O13. The third-order valence-corrected chi connectivity index (χ3v) is 11.2. The summed E-state index contributed by atoms with van der Waals surface area (Å²) in [4.78, 5) is 75.1. The zero-order valence-corrected chi connectivity index (χ0v) is 28.1. The summed E-state index contributed by atoms with van der Waals surface area (Å²) < 4.78 is 40.1. The van der Waals surface area contributed by atoms with Crippen LogP contribution in [0, 0.1) is 28.6 Å². The number of Topliss-reactive ketones (excluding diaryl/α,β-unsaturated/α-hetero) is 1. The first-order valence-corrected chi connectivity index (χ1v) is 16.4. The molecule has 13 nitrogen and oxygen atoms in total. The second-order valence-electron chi connectivity index (χ2n) is 14.1. The van der Waals surface area contributed by atoms with E-state index in [1.54, 1.807) is 0 Å². The van der Waals surface area contributed by atoms with Gasteiger partial charge >= 0.3 is 29.8 Å². The van der Waals surface area contributed by atoms with Crippen LogP contribution in [0.4, 0.5) is 0 Å². The van der Waals surface area contributed by atoms with Gasteiger partial charge in [0.1, 0.15) is 11.9 Å². The number of carbonyl (C=O) groups excluding carboxylic acids is 6. The summed E-state index contributed by atoms with van der Waals surface area (Å²) in [5.41, 5.74) is 0.302. The number of methoxy groups -OCH3 is 1. The maximum absolute atomic E-state index is 13.3. The minimum Gasteiger partial charge on any atom is -0.467 e. The van der Waals surface area contributed by atoms with Crippen LogP contribution in [-0.2, 0) is 61.9 Å². The number of rotatable bonds is 7. The van der Waals surface area contributed by atoms with Gasteiger partial charge in [-0.3, -0.25) is 24.0 Å². The summed E-state index contributed by atoms with van der Waals surface area (Å²) in [7, 11) is 1.13. The van der Waals surface area contributed by atoms with Gasteiger partial charge in [-0.2, -0.15) is 0 Å². The molecule has 0 radical (unpaired) electrons. The van der Waals surface area contributed by atoms with Crippen molar-refractivity contribution in [3.8, 4) is 0 Å². The SMILES string of the molecule is COC(=O)[C@H]1O[C@@H](O[C@@H]2C=C3C[C@@H](OC(C)=O)CC[C@]3(C)[C@H]3CC[C@]4(C)C(=O)CC[C@H]4[C@H]23)[C@H](OC(C)=O)[C@@H](OC(C)=O)[C@@H]1OC(C)=O. The van der Waals surface area contributed by atoms with E-state index in [2.05, 4.69) is 6.92 Å². The molecule has 0 aromatic carbocycles. The van der Waals surface area contributed by atoms with E-state index in [1.807, 2.05) is 13.0 Å². The lowest BCUT2D eigenvalue weighted by molar-refractivity contribution is -0.314. The van der Waals surface area contributed by atoms with E-state index in [4.69, 9.17) is 33.2 Å². The van der Waals surface area contributed by atoms with Crippen LogP contribution in [0.5, 0.6) is 0 Å². The zero-order valence-electron chi connectivity index (χ0n) is 28.1. The Hall–Kier alpha value is -3.32. The van der Waals surface area contributed by atoms with E-state index in [0.29, 0.717) is 25.7 Å². The van der Waals surface area contributed by atoms with Crippen molar-refractivity contribution in [2.24, 2.45) is 28.6 Å². The van der Waals surface area contributed by atoms with Crippen molar-refractivity contribution in [2.75, 3.05) is 7.11 Å². The molecule has 0 amide bonds. The molecule has 12 atom stereocenters. The monoisotopic (exact) mass is 662 g/mol. The average molecular weight is 663 g/mol. The molecule has 0 N–H and O–H groups in total. The van der Waals surface area contributed by atoms with Crippen molar-refractivity contribution in [1.29, 1.82) is 0 Å². The number of fused-ring (bicyclic) bond motifs is 5. The second-order valence-corrected chi connectivity index (χ2v) is 14.1. The summed E-state index contributed by atoms with van der Waals surface area (Å²) in [6, 6.07) is 0. The van der Waals surface area contributed by atoms with Gasteiger partial charge in [-0.05, 0) is 55.3 Å². The molecule has 1 heterocycles. The standard InChI is InChI=1S/C34H46O13/c1-16(35)42-21-10-12-33(5)20(14-21)15-24(26-22-8-9-25(39)34(22,6)13-11-23(26)33)46-32-30(45-19(4)38)28(44-18(3)37)27(43-17(2)36)29(47-32)31(40)41-7/h15,21-24,26-30,32H,8-14H2,1-7H3/t21-,22-,23-,24+,26-,27-,28-,29-,30+,32+,33-,34-/m0/s1. The van der Waals surface area contributed by atoms with Crippen molar-refractivity contribution >= 4 is 35.6 Å². The highest BCUT2D eigenvalue weighted by Crippen LogP contribution is 2.64. The van der Waals surface area contributed by atoms with Crippen LogP contribution in [0.2, 0.25) is 0 Å². The average Bonchev–Trinajstić information content (AvgIpc) is 3.29. The van der Waals surface area contributed by atoms with Gasteiger partial charge < -0.3 is 33.2 Å². The first-order valence-electron chi connectivity index (χ1n) is 16.4. The zero-order chi connectivity index (χ0) is 34.4. The maximum atomic E-state index is 13.3. The molecule has 5 aliphatic rings. The van der Waals surface area contributed by atoms with Crippen molar-refractivity contribution < 1.29 is 61.9 Å². The highest BCUT2D eigenvalue weighted by atomic mass is 16.7. The van der Waals surface area contributed by atoms with Gasteiger partial charge in [-0.25, -0.2) is 4.79 Å². The predicted octanol–water partition coefficient (Wildman–Crippen LogP) is 3.14. The first kappa shape index (κ1) is 35.0. The van der Waals surface area contributed by atoms with Gasteiger partial charge in [-0.15, -0.1) is 0 Å². The fourth-order valence-corrected chi connectivity index (χ4v) is 9.17. The Morgan fingerprint density at radius 2 is 1.34 bits per heavy atom.